The summed E-state index contributed by atoms with van der Waals surface area (Å²) in [4.78, 5) is 67.5. The van der Waals surface area contributed by atoms with Crippen LogP contribution in [0.2, 0.25) is 0 Å². The van der Waals surface area contributed by atoms with Crippen molar-refractivity contribution in [1.82, 2.24) is 4.90 Å². The van der Waals surface area contributed by atoms with Crippen LogP contribution in [0.25, 0.3) is 11.0 Å². The van der Waals surface area contributed by atoms with Crippen LogP contribution in [0.5, 0.6) is 5.75 Å². The Bertz CT molecular complexity index is 1690. The zero-order valence-corrected chi connectivity index (χ0v) is 28.0. The summed E-state index contributed by atoms with van der Waals surface area (Å²) in [6, 6.07) is 1.62. The molecule has 2 aliphatic rings. The van der Waals surface area contributed by atoms with Crippen LogP contribution < -0.4 is 0 Å². The number of ether oxygens (including phenoxy) is 2. The Balaban J connectivity index is 1.90. The van der Waals surface area contributed by atoms with Crippen molar-refractivity contribution in [2.24, 2.45) is 17.8 Å². The van der Waals surface area contributed by atoms with Gasteiger partial charge >= 0.3 is 5.97 Å². The molecule has 1 aliphatic carbocycles. The fourth-order valence-corrected chi connectivity index (χ4v) is 6.42. The highest BCUT2D eigenvalue weighted by Gasteiger charge is 2.49. The van der Waals surface area contributed by atoms with Crippen LogP contribution in [-0.2, 0) is 23.9 Å². The minimum atomic E-state index is -1.26. The number of furan rings is 1. The molecule has 1 saturated heterocycles. The number of phenolic OH excluding ortho intramolecular Hbond substituents is 1. The Morgan fingerprint density at radius 2 is 1.81 bits per heavy atom. The summed E-state index contributed by atoms with van der Waals surface area (Å²) in [6.45, 7) is 13.2. The lowest BCUT2D eigenvalue weighted by Crippen LogP contribution is -2.58. The molecule has 0 saturated carbocycles. The number of rotatable bonds is 10. The molecule has 1 aromatic heterocycles. The fraction of sp³-hybridized carbons (Fsp3) is 0.472. The van der Waals surface area contributed by atoms with E-state index in [0.29, 0.717) is 23.9 Å². The van der Waals surface area contributed by atoms with Crippen molar-refractivity contribution in [2.45, 2.75) is 92.8 Å². The summed E-state index contributed by atoms with van der Waals surface area (Å²) in [5, 5.41) is 21.8. The number of aromatic hydroxyl groups is 1. The Kier molecular flexibility index (Phi) is 10.7. The first-order chi connectivity index (χ1) is 22.1. The smallest absolute Gasteiger partial charge is 0.302 e. The monoisotopic (exact) mass is 649 g/mol. The van der Waals surface area contributed by atoms with Gasteiger partial charge in [0.2, 0.25) is 5.78 Å². The minimum absolute atomic E-state index is 0.0392. The van der Waals surface area contributed by atoms with E-state index in [1.807, 2.05) is 13.8 Å². The first-order valence-electron chi connectivity index (χ1n) is 15.8. The number of Topliss-reactive ketones (excluding diaryl/α,β-unsaturated/α-hetero) is 1. The maximum Gasteiger partial charge on any atom is 0.302 e. The van der Waals surface area contributed by atoms with Crippen molar-refractivity contribution in [3.63, 3.8) is 0 Å². The maximum atomic E-state index is 14.4. The molecule has 1 aliphatic heterocycles. The molecule has 11 heteroatoms. The average molecular weight is 650 g/mol. The van der Waals surface area contributed by atoms with Crippen LogP contribution in [0, 0.1) is 31.6 Å². The number of carbonyl (C=O) groups is 5. The molecule has 0 radical (unpaired) electrons. The lowest BCUT2D eigenvalue weighted by atomic mass is 9.82. The van der Waals surface area contributed by atoms with Gasteiger partial charge in [0.25, 0.3) is 5.91 Å². The topological polar surface area (TPSA) is 161 Å². The van der Waals surface area contributed by atoms with Crippen molar-refractivity contribution in [1.29, 1.82) is 0 Å². The second-order valence-electron chi connectivity index (χ2n) is 12.6. The number of esters is 1. The lowest BCUT2D eigenvalue weighted by Gasteiger charge is -2.48. The van der Waals surface area contributed by atoms with E-state index in [1.54, 1.807) is 45.9 Å². The van der Waals surface area contributed by atoms with Crippen LogP contribution in [0.1, 0.15) is 86.4 Å². The number of ketones is 2. The van der Waals surface area contributed by atoms with Crippen LogP contribution in [0.3, 0.4) is 0 Å². The first kappa shape index (κ1) is 35.5. The highest BCUT2D eigenvalue weighted by Crippen LogP contribution is 2.43. The third-order valence-corrected chi connectivity index (χ3v) is 9.15. The Morgan fingerprint density at radius 1 is 1.13 bits per heavy atom. The average Bonchev–Trinajstić information content (AvgIpc) is 3.42. The summed E-state index contributed by atoms with van der Waals surface area (Å²) >= 11 is 0. The van der Waals surface area contributed by atoms with Gasteiger partial charge in [-0.1, -0.05) is 45.9 Å². The third-order valence-electron chi connectivity index (χ3n) is 9.15. The number of aliphatic hydroxyl groups is 1. The lowest BCUT2D eigenvalue weighted by molar-refractivity contribution is -0.216. The van der Waals surface area contributed by atoms with Crippen LogP contribution >= 0.6 is 0 Å². The van der Waals surface area contributed by atoms with Crippen molar-refractivity contribution in [3.8, 4) is 5.75 Å². The number of hydrogen-bond acceptors (Lipinski definition) is 10. The predicted molar refractivity (Wildman–Crippen MR) is 173 cm³/mol. The zero-order chi connectivity index (χ0) is 34.9. The molecule has 1 fully saturated rings. The SMILES string of the molecule is CCC(O)C(C)/C=C/C=C(\C)C(=O)N(C1=CC(=O)c2c(c(O)c(C)c3oc(C)cc23)C1=O)C1OC(CC=O)C(C)C(OC(C)=O)C1C. The number of amides is 1. The predicted octanol–water partition coefficient (Wildman–Crippen LogP) is 5.27. The maximum absolute atomic E-state index is 14.4. The van der Waals surface area contributed by atoms with Gasteiger partial charge in [0.15, 0.2) is 5.78 Å². The van der Waals surface area contributed by atoms with Crippen LogP contribution in [0.4, 0.5) is 0 Å². The standard InChI is InChI=1S/C36H43NO10/c1-9-26(40)17(2)11-10-12-18(3)35(44)37(36-22(7)33(46-23(8)39)20(5)28(47-36)13-14-38)25-16-27(41)29-24-15-19(4)45-34(24)21(6)31(42)30(29)32(25)43/h10-12,14-17,20,22,26,28,33,36,40,42H,9,13H2,1-8H3/b11-10+,18-12+. The van der Waals surface area contributed by atoms with E-state index in [2.05, 4.69) is 0 Å². The van der Waals surface area contributed by atoms with Gasteiger partial charge in [0.1, 0.15) is 35.7 Å². The second kappa shape index (κ2) is 14.2. The first-order valence-corrected chi connectivity index (χ1v) is 15.8. The van der Waals surface area contributed by atoms with Crippen molar-refractivity contribution < 1.29 is 48.1 Å². The van der Waals surface area contributed by atoms with Crippen LogP contribution in [0.15, 0.2) is 46.1 Å². The number of hydrogen-bond donors (Lipinski definition) is 2. The highest BCUT2D eigenvalue weighted by molar-refractivity contribution is 6.30. The number of aryl methyl sites for hydroxylation is 2. The van der Waals surface area contributed by atoms with Crippen molar-refractivity contribution in [3.05, 3.63) is 64.1 Å². The van der Waals surface area contributed by atoms with Gasteiger partial charge in [-0.05, 0) is 33.3 Å². The van der Waals surface area contributed by atoms with E-state index in [9.17, 15) is 34.2 Å². The minimum Gasteiger partial charge on any atom is -0.507 e. The number of phenols is 1. The normalized spacial score (nSPS) is 24.6. The molecule has 1 aromatic carbocycles. The molecule has 2 heterocycles. The molecule has 47 heavy (non-hydrogen) atoms. The van der Waals surface area contributed by atoms with E-state index < -0.39 is 65.6 Å². The molecule has 1 amide bonds. The van der Waals surface area contributed by atoms with Gasteiger partial charge < -0.3 is 28.9 Å². The summed E-state index contributed by atoms with van der Waals surface area (Å²) in [7, 11) is 0. The second-order valence-corrected chi connectivity index (χ2v) is 12.6. The number of nitrogens with zero attached hydrogens (tertiary/aromatic N) is 1. The summed E-state index contributed by atoms with van der Waals surface area (Å²) < 4.78 is 17.7. The van der Waals surface area contributed by atoms with Gasteiger partial charge in [-0.2, -0.15) is 0 Å². The molecule has 4 rings (SSSR count). The third kappa shape index (κ3) is 6.73. The Labute approximate surface area is 273 Å². The number of carbonyl (C=O) groups excluding carboxylic acids is 5. The zero-order valence-electron chi connectivity index (χ0n) is 28.0. The van der Waals surface area contributed by atoms with Gasteiger partial charge in [-0.15, -0.1) is 0 Å². The van der Waals surface area contributed by atoms with Gasteiger partial charge in [-0.3, -0.25) is 24.1 Å². The van der Waals surface area contributed by atoms with Crippen molar-refractivity contribution in [2.75, 3.05) is 0 Å². The molecule has 11 nitrogen and oxygen atoms in total. The molecule has 7 unspecified atom stereocenters. The van der Waals surface area contributed by atoms with E-state index in [0.717, 1.165) is 11.0 Å². The summed E-state index contributed by atoms with van der Waals surface area (Å²) in [6.07, 6.45) is 3.66. The quantitative estimate of drug-likeness (QED) is 0.150. The van der Waals surface area contributed by atoms with E-state index >= 15 is 0 Å². The molecule has 2 N–H and O–H groups in total. The number of allylic oxidation sites excluding steroid dienone is 4. The summed E-state index contributed by atoms with van der Waals surface area (Å²) in [5.41, 5.74) is 0.0512. The van der Waals surface area contributed by atoms with E-state index in [4.69, 9.17) is 13.9 Å². The molecule has 252 valence electrons. The Hall–Kier alpha value is -4.35. The largest absolute Gasteiger partial charge is 0.507 e. The van der Waals surface area contributed by atoms with Crippen LogP contribution in [-0.4, -0.2) is 69.4 Å². The number of aliphatic hydroxyl groups excluding tert-OH is 1. The fourth-order valence-electron chi connectivity index (χ4n) is 6.42. The number of benzene rings is 1. The molecule has 0 bridgehead atoms. The molecular formula is C36H43NO10. The van der Waals surface area contributed by atoms with E-state index in [1.165, 1.54) is 19.9 Å². The molecule has 0 spiro atoms. The molecule has 2 aromatic rings. The number of fused-ring (bicyclic) bond motifs is 3. The van der Waals surface area contributed by atoms with Gasteiger partial charge in [0.05, 0.1) is 23.5 Å². The Morgan fingerprint density at radius 3 is 2.43 bits per heavy atom. The van der Waals surface area contributed by atoms with Gasteiger partial charge in [0, 0.05) is 59.3 Å². The molecule has 7 atom stereocenters. The van der Waals surface area contributed by atoms with Gasteiger partial charge in [-0.25, -0.2) is 0 Å². The summed E-state index contributed by atoms with van der Waals surface area (Å²) in [5.74, 6) is -4.00. The molecular weight excluding hydrogens is 606 g/mol. The van der Waals surface area contributed by atoms with Crippen molar-refractivity contribution >= 4 is 40.7 Å². The highest BCUT2D eigenvalue weighted by atomic mass is 16.6. The van der Waals surface area contributed by atoms with E-state index in [-0.39, 0.29) is 45.9 Å². The number of aldehydes is 1.